The smallest absolute Gasteiger partial charge is 0.194 e. The van der Waals surface area contributed by atoms with Gasteiger partial charge in [0.1, 0.15) is 0 Å². The Bertz CT molecular complexity index is 1370. The zero-order valence-corrected chi connectivity index (χ0v) is 34.5. The van der Waals surface area contributed by atoms with E-state index in [0.29, 0.717) is 0 Å². The summed E-state index contributed by atoms with van der Waals surface area (Å²) in [4.78, 5) is 11.9. The van der Waals surface area contributed by atoms with Crippen LogP contribution in [0.25, 0.3) is 22.3 Å². The molecular weight excluding hydrogens is 641 g/mol. The van der Waals surface area contributed by atoms with Gasteiger partial charge in [0, 0.05) is 16.5 Å². The molecule has 0 saturated carbocycles. The second kappa shape index (κ2) is 31.0. The van der Waals surface area contributed by atoms with Gasteiger partial charge in [-0.05, 0) is 46.2 Å². The van der Waals surface area contributed by atoms with E-state index < -0.39 is 0 Å². The van der Waals surface area contributed by atoms with Gasteiger partial charge in [-0.15, -0.1) is 0 Å². The van der Waals surface area contributed by atoms with E-state index in [2.05, 4.69) is 62.4 Å². The molecule has 0 radical (unpaired) electrons. The van der Waals surface area contributed by atoms with Gasteiger partial charge in [-0.25, -0.2) is 0 Å². The summed E-state index contributed by atoms with van der Waals surface area (Å²) in [7, 11) is 0. The molecule has 1 nitrogen and oxygen atoms in total. The fourth-order valence-electron chi connectivity index (χ4n) is 7.47. The lowest BCUT2D eigenvalue weighted by Gasteiger charge is -2.33. The Hall–Kier alpha value is -3.45. The highest BCUT2D eigenvalue weighted by Gasteiger charge is 2.41. The second-order valence-electron chi connectivity index (χ2n) is 12.6. The van der Waals surface area contributed by atoms with E-state index in [1.807, 2.05) is 104 Å². The van der Waals surface area contributed by atoms with Gasteiger partial charge in [0.05, 0.1) is 0 Å². The van der Waals surface area contributed by atoms with Crippen molar-refractivity contribution >= 4 is 5.78 Å². The molecule has 0 amide bonds. The summed E-state index contributed by atoms with van der Waals surface area (Å²) in [6.07, 6.45) is 19.3. The maximum atomic E-state index is 11.9. The summed E-state index contributed by atoms with van der Waals surface area (Å²) in [6.45, 7) is 20.6. The van der Waals surface area contributed by atoms with Crippen molar-refractivity contribution in [3.05, 3.63) is 119 Å². The van der Waals surface area contributed by atoms with E-state index in [4.69, 9.17) is 0 Å². The average molecular weight is 723 g/mol. The van der Waals surface area contributed by atoms with Crippen molar-refractivity contribution in [1.82, 2.24) is 0 Å². The number of benzene rings is 4. The molecule has 0 aliphatic heterocycles. The normalized spacial score (nSPS) is 11.4. The Morgan fingerprint density at radius 1 is 0.358 bits per heavy atom. The van der Waals surface area contributed by atoms with Crippen LogP contribution in [-0.4, -0.2) is 5.78 Å². The molecule has 2 aliphatic rings. The van der Waals surface area contributed by atoms with Gasteiger partial charge in [0.2, 0.25) is 0 Å². The van der Waals surface area contributed by atoms with Gasteiger partial charge >= 0.3 is 0 Å². The molecule has 0 fully saturated rings. The molecule has 0 spiro atoms. The lowest BCUT2D eigenvalue weighted by atomic mass is 9.70. The first-order valence-corrected chi connectivity index (χ1v) is 21.1. The fraction of sp³-hybridized carbons (Fsp3) is 0.519. The lowest BCUT2D eigenvalue weighted by molar-refractivity contribution is 0.104. The van der Waals surface area contributed by atoms with Gasteiger partial charge in [-0.1, -0.05) is 258 Å². The molecule has 0 unspecified atom stereocenters. The van der Waals surface area contributed by atoms with Crippen molar-refractivity contribution in [2.24, 2.45) is 0 Å². The van der Waals surface area contributed by atoms with Gasteiger partial charge < -0.3 is 0 Å². The number of carbonyl (C=O) groups excluding carboxylic acids is 1. The van der Waals surface area contributed by atoms with Crippen molar-refractivity contribution < 1.29 is 4.79 Å². The van der Waals surface area contributed by atoms with Gasteiger partial charge in [0.25, 0.3) is 0 Å². The molecule has 53 heavy (non-hydrogen) atoms. The van der Waals surface area contributed by atoms with Crippen LogP contribution < -0.4 is 0 Å². The number of rotatable bonds is 14. The topological polar surface area (TPSA) is 17.1 Å². The predicted octanol–water partition coefficient (Wildman–Crippen LogP) is 17.7. The summed E-state index contributed by atoms with van der Waals surface area (Å²) in [5.41, 5.74) is 10.3. The van der Waals surface area contributed by atoms with Crippen LogP contribution in [-0.2, 0) is 5.41 Å². The van der Waals surface area contributed by atoms with Crippen molar-refractivity contribution in [2.75, 3.05) is 0 Å². The minimum atomic E-state index is 0. The number of hydrogen-bond acceptors (Lipinski definition) is 1. The summed E-state index contributed by atoms with van der Waals surface area (Å²) in [5, 5.41) is 0. The lowest BCUT2D eigenvalue weighted by Crippen LogP contribution is -2.25. The molecule has 0 saturated heterocycles. The van der Waals surface area contributed by atoms with E-state index in [0.717, 1.165) is 22.3 Å². The van der Waals surface area contributed by atoms with E-state index in [9.17, 15) is 4.79 Å². The molecule has 0 N–H and O–H groups in total. The molecule has 0 atom stereocenters. The monoisotopic (exact) mass is 723 g/mol. The number of hydrogen-bond donors (Lipinski definition) is 0. The highest BCUT2D eigenvalue weighted by molar-refractivity contribution is 6.21. The molecule has 0 aromatic heterocycles. The number of fused-ring (bicyclic) bond motifs is 6. The Kier molecular flexibility index (Phi) is 30.2. The largest absolute Gasteiger partial charge is 0.289 e. The molecule has 4 aromatic carbocycles. The van der Waals surface area contributed by atoms with Gasteiger partial charge in [-0.3, -0.25) is 4.79 Å². The van der Waals surface area contributed by atoms with Gasteiger partial charge in [0.15, 0.2) is 5.78 Å². The molecule has 296 valence electrons. The second-order valence-corrected chi connectivity index (χ2v) is 12.6. The third-order valence-corrected chi connectivity index (χ3v) is 9.72. The summed E-state index contributed by atoms with van der Waals surface area (Å²) >= 11 is 0. The zero-order chi connectivity index (χ0) is 37.9. The molecule has 6 rings (SSSR count). The van der Waals surface area contributed by atoms with Crippen molar-refractivity contribution in [3.8, 4) is 22.3 Å². The van der Waals surface area contributed by atoms with Crippen LogP contribution in [0, 0.1) is 0 Å². The third-order valence-electron chi connectivity index (χ3n) is 9.72. The van der Waals surface area contributed by atoms with Crippen LogP contribution in [0.1, 0.15) is 201 Å². The minimum absolute atomic E-state index is 0. The molecule has 1 heteroatoms. The van der Waals surface area contributed by atoms with Crippen LogP contribution in [0.15, 0.2) is 97.1 Å². The maximum Gasteiger partial charge on any atom is 0.194 e. The van der Waals surface area contributed by atoms with E-state index in [1.165, 1.54) is 101 Å². The number of carbonyl (C=O) groups is 1. The molecule has 0 bridgehead atoms. The molecule has 4 aromatic rings. The zero-order valence-electron chi connectivity index (χ0n) is 34.5. The highest BCUT2D eigenvalue weighted by Crippen LogP contribution is 2.54. The molecule has 0 heterocycles. The molecular formula is C52H82O. The first kappa shape index (κ1) is 51.7. The average Bonchev–Trinajstić information content (AvgIpc) is 3.67. The Balaban J connectivity index is 0. The fourth-order valence-corrected chi connectivity index (χ4v) is 7.47. The van der Waals surface area contributed by atoms with Crippen molar-refractivity contribution in [1.29, 1.82) is 0 Å². The molecule has 2 aliphatic carbocycles. The van der Waals surface area contributed by atoms with Crippen LogP contribution in [0.2, 0.25) is 0 Å². The standard InChI is InChI=1S/C29H42.C13H8O.4C2H6.2CH4/c1-3-5-7-9-11-17-23-29(24-18-12-10-8-6-4-2)27-21-15-13-19-25(27)26-20-14-16-22-28(26)29;14-13-11-7-3-1-5-9(11)10-6-2-4-8-12(10)13;4*1-2;;/h13-16,19-22H,3-12,17-18,23-24H2,1-2H3;1-8H;4*1-2H3;2*1H4. The van der Waals surface area contributed by atoms with E-state index in [-0.39, 0.29) is 26.1 Å². The highest BCUT2D eigenvalue weighted by atomic mass is 16.1. The number of ketones is 1. The van der Waals surface area contributed by atoms with Crippen molar-refractivity contribution in [3.63, 3.8) is 0 Å². The summed E-state index contributed by atoms with van der Waals surface area (Å²) in [6, 6.07) is 34.1. The Labute approximate surface area is 330 Å². The van der Waals surface area contributed by atoms with Gasteiger partial charge in [-0.2, -0.15) is 0 Å². The van der Waals surface area contributed by atoms with Crippen LogP contribution >= 0.6 is 0 Å². The number of unbranched alkanes of at least 4 members (excludes halogenated alkanes) is 10. The minimum Gasteiger partial charge on any atom is -0.289 e. The Morgan fingerprint density at radius 2 is 0.623 bits per heavy atom. The summed E-state index contributed by atoms with van der Waals surface area (Å²) < 4.78 is 0. The SMILES string of the molecule is C.C.CC.CC.CC.CC.CCCCCCCCC1(CCCCCCCC)c2ccccc2-c2ccccc21.O=C1c2ccccc2-c2ccccc21. The Morgan fingerprint density at radius 3 is 0.962 bits per heavy atom. The van der Waals surface area contributed by atoms with Crippen LogP contribution in [0.3, 0.4) is 0 Å². The first-order chi connectivity index (χ1) is 25.2. The predicted molar refractivity (Wildman–Crippen MR) is 243 cm³/mol. The van der Waals surface area contributed by atoms with Crippen LogP contribution in [0.4, 0.5) is 0 Å². The van der Waals surface area contributed by atoms with Crippen molar-refractivity contribution in [2.45, 2.75) is 179 Å². The van der Waals surface area contributed by atoms with E-state index in [1.54, 1.807) is 11.1 Å². The maximum absolute atomic E-state index is 11.9. The first-order valence-electron chi connectivity index (χ1n) is 21.1. The van der Waals surface area contributed by atoms with Crippen LogP contribution in [0.5, 0.6) is 0 Å². The quantitative estimate of drug-likeness (QED) is 0.104. The van der Waals surface area contributed by atoms with E-state index >= 15 is 0 Å². The summed E-state index contributed by atoms with van der Waals surface area (Å²) in [5.74, 6) is 0.149. The third kappa shape index (κ3) is 14.0.